The Balaban J connectivity index is 0.00000101. The normalized spacial score (nSPS) is 10.8. The van der Waals surface area contributed by atoms with Crippen molar-refractivity contribution in [1.82, 2.24) is 4.57 Å². The molecule has 0 N–H and O–H groups in total. The van der Waals surface area contributed by atoms with Gasteiger partial charge in [-0.1, -0.05) is 26.3 Å². The summed E-state index contributed by atoms with van der Waals surface area (Å²) in [6, 6.07) is 0. The number of esters is 1. The molecule has 0 spiro atoms. The summed E-state index contributed by atoms with van der Waals surface area (Å²) in [5.74, 6) is -0.302. The molecule has 0 aliphatic rings. The number of carbonyl (C=O) groups is 1. The molecule has 0 amide bonds. The molecule has 0 aromatic carbocycles. The van der Waals surface area contributed by atoms with Crippen LogP contribution in [-0.2, 0) is 22.6 Å². The molecular weight excluding hydrogens is 339 g/mol. The number of hydrogen-bond donors (Lipinski definition) is 0. The highest BCUT2D eigenvalue weighted by molar-refractivity contribution is 6.50. The number of rotatable bonds is 10. The number of carbonyl (C=O) groups excluding carboxylic acids is 1. The fraction of sp³-hybridized carbons (Fsp3) is 0.625. The molecule has 0 unspecified atom stereocenters. The van der Waals surface area contributed by atoms with Crippen molar-refractivity contribution < 1.29 is 31.4 Å². The summed E-state index contributed by atoms with van der Waals surface area (Å²) in [6.07, 6.45) is 12.2. The van der Waals surface area contributed by atoms with E-state index in [9.17, 15) is 22.1 Å². The summed E-state index contributed by atoms with van der Waals surface area (Å²) in [6.45, 7) is 9.84. The molecule has 0 bridgehead atoms. The highest BCUT2D eigenvalue weighted by atomic mass is 19.5. The second kappa shape index (κ2) is 12.6. The average molecular weight is 366 g/mol. The summed E-state index contributed by atoms with van der Waals surface area (Å²) in [5, 5.41) is 0. The lowest BCUT2D eigenvalue weighted by Gasteiger charge is -2.02. The maximum Gasteiger partial charge on any atom is 0.673 e. The van der Waals surface area contributed by atoms with Gasteiger partial charge in [-0.3, -0.25) is 0 Å². The SMILES string of the molecule is C=C(C)C(=O)OCCC[n+]1ccn(CCCCCC)c1.F[B-](F)(F)F. The third kappa shape index (κ3) is 15.5. The van der Waals surface area contributed by atoms with Crippen molar-refractivity contribution in [3.05, 3.63) is 30.9 Å². The summed E-state index contributed by atoms with van der Waals surface area (Å²) in [4.78, 5) is 11.2. The second-order valence-corrected chi connectivity index (χ2v) is 5.71. The molecule has 0 fully saturated rings. The summed E-state index contributed by atoms with van der Waals surface area (Å²) >= 11 is 0. The first-order valence-corrected chi connectivity index (χ1v) is 8.38. The lowest BCUT2D eigenvalue weighted by molar-refractivity contribution is -0.697. The van der Waals surface area contributed by atoms with Crippen LogP contribution in [0.1, 0.15) is 46.0 Å². The first-order valence-electron chi connectivity index (χ1n) is 8.38. The van der Waals surface area contributed by atoms with Crippen LogP contribution in [0.4, 0.5) is 17.3 Å². The summed E-state index contributed by atoms with van der Waals surface area (Å²) < 4.78 is 48.4. The standard InChI is InChI=1S/C16H27N2O2.BF4/c1-4-5-6-7-9-17-11-12-18(14-17)10-8-13-20-16(19)15(2)3;2-1(3,4)5/h11-12,14H,2,4-10,13H2,1,3H3;/q+1;-1. The van der Waals surface area contributed by atoms with Crippen molar-refractivity contribution in [3.8, 4) is 0 Å². The van der Waals surface area contributed by atoms with Gasteiger partial charge in [0.2, 0.25) is 6.33 Å². The molecule has 4 nitrogen and oxygen atoms in total. The van der Waals surface area contributed by atoms with E-state index in [0.29, 0.717) is 12.2 Å². The van der Waals surface area contributed by atoms with Gasteiger partial charge in [-0.05, 0) is 19.8 Å². The van der Waals surface area contributed by atoms with E-state index in [4.69, 9.17) is 4.74 Å². The number of unbranched alkanes of at least 4 members (excludes halogenated alkanes) is 3. The monoisotopic (exact) mass is 366 g/mol. The Kier molecular flexibility index (Phi) is 11.6. The quantitative estimate of drug-likeness (QED) is 0.156. The van der Waals surface area contributed by atoms with Crippen molar-refractivity contribution in [1.29, 1.82) is 0 Å². The summed E-state index contributed by atoms with van der Waals surface area (Å²) in [7, 11) is -6.00. The van der Waals surface area contributed by atoms with Gasteiger partial charge in [0.05, 0.1) is 19.7 Å². The van der Waals surface area contributed by atoms with Gasteiger partial charge in [0, 0.05) is 12.0 Å². The number of aromatic nitrogens is 2. The molecule has 0 radical (unpaired) electrons. The molecule has 0 atom stereocenters. The zero-order valence-electron chi connectivity index (χ0n) is 14.9. The Labute approximate surface area is 146 Å². The average Bonchev–Trinajstić information content (AvgIpc) is 2.94. The van der Waals surface area contributed by atoms with E-state index >= 15 is 0 Å². The molecule has 1 aromatic heterocycles. The molecule has 0 saturated heterocycles. The number of nitrogens with zero attached hydrogens (tertiary/aromatic N) is 2. The molecule has 25 heavy (non-hydrogen) atoms. The molecule has 9 heteroatoms. The third-order valence-electron chi connectivity index (χ3n) is 3.16. The van der Waals surface area contributed by atoms with E-state index in [2.05, 4.69) is 41.4 Å². The van der Waals surface area contributed by atoms with Crippen molar-refractivity contribution in [2.24, 2.45) is 0 Å². The van der Waals surface area contributed by atoms with Gasteiger partial charge in [0.1, 0.15) is 12.4 Å². The summed E-state index contributed by atoms with van der Waals surface area (Å²) in [5.41, 5.74) is 0.455. The minimum Gasteiger partial charge on any atom is -0.462 e. The predicted molar refractivity (Wildman–Crippen MR) is 89.3 cm³/mol. The first-order chi connectivity index (χ1) is 11.6. The topological polar surface area (TPSA) is 35.1 Å². The molecule has 144 valence electrons. The Morgan fingerprint density at radius 1 is 1.20 bits per heavy atom. The Bertz CT molecular complexity index is 512. The molecule has 1 rings (SSSR count). The molecule has 1 heterocycles. The minimum atomic E-state index is -6.00. The molecule has 0 aliphatic carbocycles. The lowest BCUT2D eigenvalue weighted by Crippen LogP contribution is -2.31. The van der Waals surface area contributed by atoms with Crippen LogP contribution in [0.25, 0.3) is 0 Å². The molecular formula is C16H27BF4N2O2. The van der Waals surface area contributed by atoms with Crippen LogP contribution in [0.2, 0.25) is 0 Å². The molecule has 0 saturated carbocycles. The van der Waals surface area contributed by atoms with Gasteiger partial charge < -0.3 is 22.0 Å². The fourth-order valence-electron chi connectivity index (χ4n) is 1.96. The first kappa shape index (κ1) is 23.2. The zero-order valence-corrected chi connectivity index (χ0v) is 14.9. The third-order valence-corrected chi connectivity index (χ3v) is 3.16. The Morgan fingerprint density at radius 3 is 2.40 bits per heavy atom. The van der Waals surface area contributed by atoms with Gasteiger partial charge in [-0.2, -0.15) is 0 Å². The van der Waals surface area contributed by atoms with Gasteiger partial charge in [0.25, 0.3) is 0 Å². The van der Waals surface area contributed by atoms with Crippen LogP contribution in [0.5, 0.6) is 0 Å². The highest BCUT2D eigenvalue weighted by Crippen LogP contribution is 2.06. The Morgan fingerprint density at radius 2 is 1.84 bits per heavy atom. The maximum atomic E-state index is 11.2. The van der Waals surface area contributed by atoms with Crippen LogP contribution in [0.3, 0.4) is 0 Å². The van der Waals surface area contributed by atoms with Crippen molar-refractivity contribution >= 4 is 13.2 Å². The number of imidazole rings is 1. The van der Waals surface area contributed by atoms with Crippen LogP contribution < -0.4 is 4.57 Å². The maximum absolute atomic E-state index is 11.2. The number of aryl methyl sites for hydroxylation is 2. The van der Waals surface area contributed by atoms with Crippen LogP contribution in [0, 0.1) is 0 Å². The van der Waals surface area contributed by atoms with Crippen LogP contribution in [-0.4, -0.2) is 24.4 Å². The zero-order chi connectivity index (χ0) is 19.3. The van der Waals surface area contributed by atoms with E-state index < -0.39 is 7.25 Å². The van der Waals surface area contributed by atoms with Crippen molar-refractivity contribution in [3.63, 3.8) is 0 Å². The second-order valence-electron chi connectivity index (χ2n) is 5.71. The van der Waals surface area contributed by atoms with E-state index in [1.165, 1.54) is 25.7 Å². The van der Waals surface area contributed by atoms with Crippen LogP contribution >= 0.6 is 0 Å². The van der Waals surface area contributed by atoms with Gasteiger partial charge in [-0.25, -0.2) is 13.9 Å². The van der Waals surface area contributed by atoms with Crippen LogP contribution in [0.15, 0.2) is 30.9 Å². The van der Waals surface area contributed by atoms with E-state index in [-0.39, 0.29) is 5.97 Å². The largest absolute Gasteiger partial charge is 0.673 e. The van der Waals surface area contributed by atoms with Crippen molar-refractivity contribution in [2.75, 3.05) is 6.61 Å². The molecule has 0 aliphatic heterocycles. The lowest BCUT2D eigenvalue weighted by atomic mass is 10.2. The van der Waals surface area contributed by atoms with Gasteiger partial charge >= 0.3 is 13.2 Å². The predicted octanol–water partition coefficient (Wildman–Crippen LogP) is 4.17. The van der Waals surface area contributed by atoms with Gasteiger partial charge in [-0.15, -0.1) is 0 Å². The van der Waals surface area contributed by atoms with Gasteiger partial charge in [0.15, 0.2) is 0 Å². The van der Waals surface area contributed by atoms with E-state index in [1.807, 2.05) is 0 Å². The fourth-order valence-corrected chi connectivity index (χ4v) is 1.96. The Hall–Kier alpha value is -1.80. The number of ether oxygens (including phenoxy) is 1. The van der Waals surface area contributed by atoms with E-state index in [0.717, 1.165) is 19.5 Å². The van der Waals surface area contributed by atoms with Crippen molar-refractivity contribution in [2.45, 2.75) is 59.0 Å². The number of halogens is 4. The number of hydrogen-bond acceptors (Lipinski definition) is 2. The smallest absolute Gasteiger partial charge is 0.462 e. The highest BCUT2D eigenvalue weighted by Gasteiger charge is 2.20. The molecule has 1 aromatic rings. The minimum absolute atomic E-state index is 0.302. The van der Waals surface area contributed by atoms with E-state index in [1.54, 1.807) is 6.92 Å².